The molecule has 0 aliphatic heterocycles. The molecule has 4 nitrogen and oxygen atoms in total. The van der Waals surface area contributed by atoms with Gasteiger partial charge in [-0.25, -0.2) is 0 Å². The molecule has 0 saturated heterocycles. The van der Waals surface area contributed by atoms with Crippen molar-refractivity contribution < 1.29 is 9.90 Å². The zero-order valence-corrected chi connectivity index (χ0v) is 7.42. The third-order valence-corrected chi connectivity index (χ3v) is 1.74. The highest BCUT2D eigenvalue weighted by Crippen LogP contribution is 2.04. The quantitative estimate of drug-likeness (QED) is 0.586. The van der Waals surface area contributed by atoms with E-state index in [9.17, 15) is 4.79 Å². The molecule has 0 unspecified atom stereocenters. The van der Waals surface area contributed by atoms with Gasteiger partial charge in [-0.05, 0) is 18.9 Å². The van der Waals surface area contributed by atoms with Crippen molar-refractivity contribution in [3.63, 3.8) is 0 Å². The van der Waals surface area contributed by atoms with Crippen LogP contribution in [0, 0.1) is 0 Å². The fraction of sp³-hybridized carbons (Fsp3) is 0.444. The summed E-state index contributed by atoms with van der Waals surface area (Å²) < 4.78 is 0. The Bertz CT molecular complexity index is 244. The lowest BCUT2D eigenvalue weighted by Crippen LogP contribution is -2.02. The molecule has 0 aliphatic carbocycles. The minimum Gasteiger partial charge on any atom is -0.481 e. The first-order valence-electron chi connectivity index (χ1n) is 4.37. The molecule has 0 fully saturated rings. The van der Waals surface area contributed by atoms with Gasteiger partial charge in [-0.2, -0.15) is 0 Å². The molecule has 3 N–H and O–H groups in total. The van der Waals surface area contributed by atoms with E-state index in [1.54, 1.807) is 0 Å². The largest absolute Gasteiger partial charge is 0.481 e. The van der Waals surface area contributed by atoms with Gasteiger partial charge in [0.25, 0.3) is 0 Å². The van der Waals surface area contributed by atoms with Crippen LogP contribution in [0.4, 0.5) is 5.69 Å². The Balaban J connectivity index is 1.99. The average molecular weight is 182 g/mol. The van der Waals surface area contributed by atoms with Gasteiger partial charge in [-0.15, -0.1) is 0 Å². The molecule has 72 valence electrons. The van der Waals surface area contributed by atoms with E-state index in [2.05, 4.69) is 10.3 Å². The Morgan fingerprint density at radius 1 is 1.54 bits per heavy atom. The van der Waals surface area contributed by atoms with Crippen LogP contribution in [0.25, 0.3) is 0 Å². The molecule has 13 heavy (non-hydrogen) atoms. The van der Waals surface area contributed by atoms with Crippen molar-refractivity contribution in [2.24, 2.45) is 0 Å². The van der Waals surface area contributed by atoms with Crippen molar-refractivity contribution in [1.82, 2.24) is 4.98 Å². The number of aromatic nitrogens is 1. The summed E-state index contributed by atoms with van der Waals surface area (Å²) in [5, 5.41) is 11.5. The summed E-state index contributed by atoms with van der Waals surface area (Å²) in [6.45, 7) is 0.825. The van der Waals surface area contributed by atoms with E-state index in [4.69, 9.17) is 5.11 Å². The fourth-order valence-electron chi connectivity index (χ4n) is 1.07. The van der Waals surface area contributed by atoms with Gasteiger partial charge >= 0.3 is 5.97 Å². The third kappa shape index (κ3) is 4.20. The van der Waals surface area contributed by atoms with Crippen LogP contribution in [-0.2, 0) is 4.79 Å². The molecule has 0 saturated carbocycles. The predicted octanol–water partition coefficient (Wildman–Crippen LogP) is 1.68. The first-order valence-corrected chi connectivity index (χ1v) is 4.37. The minimum atomic E-state index is -0.721. The third-order valence-electron chi connectivity index (χ3n) is 1.74. The topological polar surface area (TPSA) is 65.1 Å². The molecule has 4 heteroatoms. The summed E-state index contributed by atoms with van der Waals surface area (Å²) in [4.78, 5) is 13.1. The van der Waals surface area contributed by atoms with Crippen LogP contribution in [0.5, 0.6) is 0 Å². The highest BCUT2D eigenvalue weighted by molar-refractivity contribution is 5.66. The molecule has 0 spiro atoms. The van der Waals surface area contributed by atoms with E-state index >= 15 is 0 Å². The lowest BCUT2D eigenvalue weighted by Gasteiger charge is -2.01. The molecule has 0 atom stereocenters. The van der Waals surface area contributed by atoms with Gasteiger partial charge in [-0.3, -0.25) is 4.79 Å². The van der Waals surface area contributed by atoms with Crippen LogP contribution < -0.4 is 5.32 Å². The second kappa shape index (κ2) is 5.24. The first-order chi connectivity index (χ1) is 6.29. The van der Waals surface area contributed by atoms with Crippen LogP contribution in [0.3, 0.4) is 0 Å². The van der Waals surface area contributed by atoms with Crippen LogP contribution >= 0.6 is 0 Å². The number of aliphatic carboxylic acids is 1. The standard InChI is InChI=1S/C9H14N2O2/c12-9(13)3-1-2-5-11-8-4-6-10-7-8/h4,6-7,10-11H,1-3,5H2,(H,12,13). The molecule has 1 aromatic heterocycles. The number of nitrogens with one attached hydrogen (secondary N) is 2. The number of rotatable bonds is 6. The second-order valence-electron chi connectivity index (χ2n) is 2.88. The molecular weight excluding hydrogens is 168 g/mol. The average Bonchev–Trinajstić information content (AvgIpc) is 2.55. The fourth-order valence-corrected chi connectivity index (χ4v) is 1.07. The lowest BCUT2D eigenvalue weighted by molar-refractivity contribution is -0.137. The van der Waals surface area contributed by atoms with E-state index in [-0.39, 0.29) is 6.42 Å². The van der Waals surface area contributed by atoms with Gasteiger partial charge in [0, 0.05) is 25.4 Å². The number of hydrogen-bond donors (Lipinski definition) is 3. The molecule has 0 radical (unpaired) electrons. The van der Waals surface area contributed by atoms with E-state index in [1.165, 1.54) is 0 Å². The Morgan fingerprint density at radius 2 is 2.38 bits per heavy atom. The van der Waals surface area contributed by atoms with Crippen LogP contribution in [0.15, 0.2) is 18.5 Å². The van der Waals surface area contributed by atoms with Crippen molar-refractivity contribution >= 4 is 11.7 Å². The second-order valence-corrected chi connectivity index (χ2v) is 2.88. The normalized spacial score (nSPS) is 9.85. The molecule has 1 heterocycles. The van der Waals surface area contributed by atoms with Gasteiger partial charge in [0.15, 0.2) is 0 Å². The summed E-state index contributed by atoms with van der Waals surface area (Å²) in [6.07, 6.45) is 5.59. The Hall–Kier alpha value is -1.45. The SMILES string of the molecule is O=C(O)CCCCNc1cc[nH]c1. The molecule has 0 bridgehead atoms. The first kappa shape index (κ1) is 9.64. The van der Waals surface area contributed by atoms with Gasteiger partial charge in [0.1, 0.15) is 0 Å². The van der Waals surface area contributed by atoms with E-state index < -0.39 is 5.97 Å². The predicted molar refractivity (Wildman–Crippen MR) is 50.8 cm³/mol. The van der Waals surface area contributed by atoms with Crippen LogP contribution in [-0.4, -0.2) is 22.6 Å². The van der Waals surface area contributed by atoms with Crippen molar-refractivity contribution in [2.45, 2.75) is 19.3 Å². The summed E-state index contributed by atoms with van der Waals surface area (Å²) in [7, 11) is 0. The summed E-state index contributed by atoms with van der Waals surface area (Å²) in [5.74, 6) is -0.721. The Morgan fingerprint density at radius 3 is 3.00 bits per heavy atom. The molecule has 0 amide bonds. The molecule has 1 rings (SSSR count). The molecule has 0 aliphatic rings. The highest BCUT2D eigenvalue weighted by atomic mass is 16.4. The van der Waals surface area contributed by atoms with E-state index in [1.807, 2.05) is 18.5 Å². The molecular formula is C9H14N2O2. The van der Waals surface area contributed by atoms with Crippen molar-refractivity contribution in [1.29, 1.82) is 0 Å². The van der Waals surface area contributed by atoms with Gasteiger partial charge in [0.05, 0.1) is 5.69 Å². The van der Waals surface area contributed by atoms with Crippen molar-refractivity contribution in [3.8, 4) is 0 Å². The lowest BCUT2D eigenvalue weighted by atomic mass is 10.2. The molecule has 0 aromatic carbocycles. The monoisotopic (exact) mass is 182 g/mol. The number of carbonyl (C=O) groups is 1. The zero-order valence-electron chi connectivity index (χ0n) is 7.42. The maximum absolute atomic E-state index is 10.2. The number of H-pyrrole nitrogens is 1. The number of aromatic amines is 1. The summed E-state index contributed by atoms with van der Waals surface area (Å²) >= 11 is 0. The molecule has 1 aromatic rings. The highest BCUT2D eigenvalue weighted by Gasteiger charge is 1.96. The summed E-state index contributed by atoms with van der Waals surface area (Å²) in [6, 6.07) is 1.94. The number of unbranched alkanes of at least 4 members (excludes halogenated alkanes) is 1. The minimum absolute atomic E-state index is 0.259. The Kier molecular flexibility index (Phi) is 3.88. The zero-order chi connectivity index (χ0) is 9.52. The number of anilines is 1. The van der Waals surface area contributed by atoms with Crippen LogP contribution in [0.1, 0.15) is 19.3 Å². The van der Waals surface area contributed by atoms with Gasteiger partial charge < -0.3 is 15.4 Å². The Labute approximate surface area is 77.0 Å². The van der Waals surface area contributed by atoms with Crippen molar-refractivity contribution in [2.75, 3.05) is 11.9 Å². The van der Waals surface area contributed by atoms with Gasteiger partial charge in [-0.1, -0.05) is 0 Å². The van der Waals surface area contributed by atoms with Crippen molar-refractivity contribution in [3.05, 3.63) is 18.5 Å². The summed E-state index contributed by atoms with van der Waals surface area (Å²) in [5.41, 5.74) is 1.05. The van der Waals surface area contributed by atoms with Crippen LogP contribution in [0.2, 0.25) is 0 Å². The number of hydrogen-bond acceptors (Lipinski definition) is 2. The number of carboxylic acids is 1. The maximum atomic E-state index is 10.2. The smallest absolute Gasteiger partial charge is 0.303 e. The van der Waals surface area contributed by atoms with Gasteiger partial charge in [0.2, 0.25) is 0 Å². The van der Waals surface area contributed by atoms with E-state index in [0.717, 1.165) is 25.1 Å². The van der Waals surface area contributed by atoms with E-state index in [0.29, 0.717) is 0 Å². The number of carboxylic acid groups (broad SMARTS) is 1. The maximum Gasteiger partial charge on any atom is 0.303 e.